The molecule has 1 unspecified atom stereocenters. The van der Waals surface area contributed by atoms with Crippen LogP contribution in [0.1, 0.15) is 43.2 Å². The van der Waals surface area contributed by atoms with E-state index in [1.807, 2.05) is 0 Å². The van der Waals surface area contributed by atoms with Gasteiger partial charge in [-0.2, -0.15) is 0 Å². The molecule has 0 saturated carbocycles. The fourth-order valence-electron chi connectivity index (χ4n) is 2.37. The van der Waals surface area contributed by atoms with E-state index < -0.39 is 0 Å². The van der Waals surface area contributed by atoms with Gasteiger partial charge in [-0.3, -0.25) is 0 Å². The first-order valence-corrected chi connectivity index (χ1v) is 6.39. The van der Waals surface area contributed by atoms with Crippen LogP contribution in [0.15, 0.2) is 22.6 Å². The maximum absolute atomic E-state index is 5.97. The van der Waals surface area contributed by atoms with E-state index >= 15 is 0 Å². The number of hydrogen-bond donors (Lipinski definition) is 1. The Kier molecular flexibility index (Phi) is 3.53. The van der Waals surface area contributed by atoms with Gasteiger partial charge in [0.2, 0.25) is 0 Å². The van der Waals surface area contributed by atoms with Crippen molar-refractivity contribution in [3.63, 3.8) is 0 Å². The Morgan fingerprint density at radius 3 is 2.59 bits per heavy atom. The maximum atomic E-state index is 5.97. The smallest absolute Gasteiger partial charge is 0.134 e. The van der Waals surface area contributed by atoms with E-state index in [0.29, 0.717) is 6.04 Å². The Morgan fingerprint density at radius 2 is 1.94 bits per heavy atom. The molecule has 17 heavy (non-hydrogen) atoms. The van der Waals surface area contributed by atoms with Crippen molar-refractivity contribution >= 4 is 11.0 Å². The first kappa shape index (κ1) is 12.2. The van der Waals surface area contributed by atoms with E-state index in [1.54, 1.807) is 0 Å². The predicted molar refractivity (Wildman–Crippen MR) is 72.4 cm³/mol. The van der Waals surface area contributed by atoms with Gasteiger partial charge in [-0.15, -0.1) is 0 Å². The molecule has 0 aliphatic heterocycles. The molecule has 0 amide bonds. The largest absolute Gasteiger partial charge is 0.459 e. The summed E-state index contributed by atoms with van der Waals surface area (Å²) in [5.74, 6) is 1.05. The standard InChI is InChI=1S/C15H21NO/c1-5-13(16-6-2)15-9-12-11(4)7-10(3)8-14(12)17-15/h7-9,13,16H,5-6H2,1-4H3. The van der Waals surface area contributed by atoms with Crippen LogP contribution in [-0.2, 0) is 0 Å². The molecular formula is C15H21NO. The van der Waals surface area contributed by atoms with Gasteiger partial charge in [-0.1, -0.05) is 19.9 Å². The average Bonchev–Trinajstić information content (AvgIpc) is 2.69. The summed E-state index contributed by atoms with van der Waals surface area (Å²) in [7, 11) is 0. The first-order valence-electron chi connectivity index (χ1n) is 6.39. The highest BCUT2D eigenvalue weighted by molar-refractivity contribution is 5.82. The van der Waals surface area contributed by atoms with Gasteiger partial charge in [0.05, 0.1) is 6.04 Å². The number of nitrogens with one attached hydrogen (secondary N) is 1. The number of furan rings is 1. The third-order valence-electron chi connectivity index (χ3n) is 3.21. The van der Waals surface area contributed by atoms with Gasteiger partial charge < -0.3 is 9.73 Å². The summed E-state index contributed by atoms with van der Waals surface area (Å²) in [5.41, 5.74) is 3.56. The molecule has 0 aliphatic rings. The van der Waals surface area contributed by atoms with Crippen LogP contribution < -0.4 is 5.32 Å². The SMILES string of the molecule is CCNC(CC)c1cc2c(C)cc(C)cc2o1. The zero-order valence-electron chi connectivity index (χ0n) is 11.1. The average molecular weight is 231 g/mol. The molecule has 1 aromatic heterocycles. The molecule has 0 radical (unpaired) electrons. The van der Waals surface area contributed by atoms with Crippen molar-refractivity contribution in [2.75, 3.05) is 6.54 Å². The van der Waals surface area contributed by atoms with Gasteiger partial charge in [-0.25, -0.2) is 0 Å². The lowest BCUT2D eigenvalue weighted by Gasteiger charge is -2.11. The van der Waals surface area contributed by atoms with Gasteiger partial charge in [0.15, 0.2) is 0 Å². The quantitative estimate of drug-likeness (QED) is 0.856. The van der Waals surface area contributed by atoms with Crippen LogP contribution in [0.25, 0.3) is 11.0 Å². The van der Waals surface area contributed by atoms with E-state index in [1.165, 1.54) is 16.5 Å². The molecule has 0 bridgehead atoms. The molecule has 1 N–H and O–H groups in total. The molecule has 2 aromatic rings. The minimum Gasteiger partial charge on any atom is -0.459 e. The molecule has 2 rings (SSSR count). The van der Waals surface area contributed by atoms with Crippen LogP contribution in [0.5, 0.6) is 0 Å². The van der Waals surface area contributed by atoms with Gasteiger partial charge >= 0.3 is 0 Å². The van der Waals surface area contributed by atoms with Crippen LogP contribution >= 0.6 is 0 Å². The minimum absolute atomic E-state index is 0.326. The van der Waals surface area contributed by atoms with E-state index in [-0.39, 0.29) is 0 Å². The van der Waals surface area contributed by atoms with Crippen LogP contribution in [0.2, 0.25) is 0 Å². The number of rotatable bonds is 4. The van der Waals surface area contributed by atoms with Crippen LogP contribution in [0, 0.1) is 13.8 Å². The summed E-state index contributed by atoms with van der Waals surface area (Å²) in [6.07, 6.45) is 1.05. The van der Waals surface area contributed by atoms with Crippen LogP contribution in [0.4, 0.5) is 0 Å². The number of hydrogen-bond acceptors (Lipinski definition) is 2. The molecule has 0 aliphatic carbocycles. The van der Waals surface area contributed by atoms with E-state index in [9.17, 15) is 0 Å². The fraction of sp³-hybridized carbons (Fsp3) is 0.467. The lowest BCUT2D eigenvalue weighted by molar-refractivity contribution is 0.428. The van der Waals surface area contributed by atoms with Gasteiger partial charge in [0, 0.05) is 5.39 Å². The summed E-state index contributed by atoms with van der Waals surface area (Å²) >= 11 is 0. The van der Waals surface area contributed by atoms with Crippen molar-refractivity contribution in [1.82, 2.24) is 5.32 Å². The molecule has 92 valence electrons. The monoisotopic (exact) mass is 231 g/mol. The van der Waals surface area contributed by atoms with Crippen molar-refractivity contribution in [2.45, 2.75) is 40.2 Å². The lowest BCUT2D eigenvalue weighted by atomic mass is 10.1. The second kappa shape index (κ2) is 4.92. The summed E-state index contributed by atoms with van der Waals surface area (Å²) in [6, 6.07) is 6.83. The Labute approximate surface area is 103 Å². The third kappa shape index (κ3) is 2.37. The summed E-state index contributed by atoms with van der Waals surface area (Å²) in [4.78, 5) is 0. The number of benzene rings is 1. The van der Waals surface area contributed by atoms with Crippen LogP contribution in [-0.4, -0.2) is 6.54 Å². The third-order valence-corrected chi connectivity index (χ3v) is 3.21. The minimum atomic E-state index is 0.326. The Bertz CT molecular complexity index is 513. The second-order valence-corrected chi connectivity index (χ2v) is 4.66. The van der Waals surface area contributed by atoms with Crippen LogP contribution in [0.3, 0.4) is 0 Å². The Balaban J connectivity index is 2.46. The highest BCUT2D eigenvalue weighted by Crippen LogP contribution is 2.28. The normalized spacial score (nSPS) is 13.2. The highest BCUT2D eigenvalue weighted by Gasteiger charge is 2.14. The zero-order chi connectivity index (χ0) is 12.4. The fourth-order valence-corrected chi connectivity index (χ4v) is 2.37. The summed E-state index contributed by atoms with van der Waals surface area (Å²) < 4.78 is 5.97. The highest BCUT2D eigenvalue weighted by atomic mass is 16.3. The van der Waals surface area contributed by atoms with Gasteiger partial charge in [0.25, 0.3) is 0 Å². The molecule has 0 saturated heterocycles. The Hall–Kier alpha value is -1.28. The van der Waals surface area contributed by atoms with Crippen molar-refractivity contribution in [1.29, 1.82) is 0 Å². The topological polar surface area (TPSA) is 25.2 Å². The molecule has 1 heterocycles. The van der Waals surface area contributed by atoms with Gasteiger partial charge in [0.1, 0.15) is 11.3 Å². The van der Waals surface area contributed by atoms with Gasteiger partial charge in [-0.05, 0) is 50.1 Å². The summed E-state index contributed by atoms with van der Waals surface area (Å²) in [6.45, 7) is 9.52. The molecule has 2 nitrogen and oxygen atoms in total. The van der Waals surface area contributed by atoms with Crippen molar-refractivity contribution in [2.24, 2.45) is 0 Å². The number of aryl methyl sites for hydroxylation is 2. The number of fused-ring (bicyclic) bond motifs is 1. The molecule has 0 spiro atoms. The molecule has 0 fully saturated rings. The molecular weight excluding hydrogens is 210 g/mol. The maximum Gasteiger partial charge on any atom is 0.134 e. The molecule has 2 heteroatoms. The lowest BCUT2D eigenvalue weighted by Crippen LogP contribution is -2.19. The Morgan fingerprint density at radius 1 is 1.18 bits per heavy atom. The molecule has 1 aromatic carbocycles. The predicted octanol–water partition coefficient (Wildman–Crippen LogP) is 4.11. The van der Waals surface area contributed by atoms with E-state index in [2.05, 4.69) is 51.2 Å². The summed E-state index contributed by atoms with van der Waals surface area (Å²) in [5, 5.41) is 4.69. The van der Waals surface area contributed by atoms with E-state index in [0.717, 1.165) is 24.3 Å². The molecule has 1 atom stereocenters. The van der Waals surface area contributed by atoms with Crippen molar-refractivity contribution in [3.05, 3.63) is 35.1 Å². The first-order chi connectivity index (χ1) is 8.15. The zero-order valence-corrected chi connectivity index (χ0v) is 11.1. The second-order valence-electron chi connectivity index (χ2n) is 4.66. The van der Waals surface area contributed by atoms with Crippen molar-refractivity contribution in [3.8, 4) is 0 Å². The van der Waals surface area contributed by atoms with E-state index in [4.69, 9.17) is 4.42 Å². The van der Waals surface area contributed by atoms with Crippen molar-refractivity contribution < 1.29 is 4.42 Å².